The summed E-state index contributed by atoms with van der Waals surface area (Å²) in [6.07, 6.45) is 4.41. The summed E-state index contributed by atoms with van der Waals surface area (Å²) in [5.74, 6) is -1.87. The van der Waals surface area contributed by atoms with Crippen LogP contribution in [0.4, 0.5) is 4.79 Å². The van der Waals surface area contributed by atoms with E-state index in [0.29, 0.717) is 12.6 Å². The van der Waals surface area contributed by atoms with Gasteiger partial charge in [0.25, 0.3) is 0 Å². The van der Waals surface area contributed by atoms with E-state index in [1.165, 1.54) is 26.7 Å². The highest BCUT2D eigenvalue weighted by Gasteiger charge is 2.36. The fourth-order valence-corrected chi connectivity index (χ4v) is 2.46. The molecule has 27 heavy (non-hydrogen) atoms. The van der Waals surface area contributed by atoms with Crippen molar-refractivity contribution < 1.29 is 29.3 Å². The average molecular weight is 386 g/mol. The van der Waals surface area contributed by atoms with Crippen LogP contribution in [0.15, 0.2) is 24.3 Å². The van der Waals surface area contributed by atoms with Crippen molar-refractivity contribution in [2.75, 3.05) is 6.61 Å². The average Bonchev–Trinajstić information content (AvgIpc) is 2.65. The number of rotatable bonds is 3. The first-order chi connectivity index (χ1) is 12.3. The van der Waals surface area contributed by atoms with Crippen molar-refractivity contribution in [1.82, 2.24) is 4.90 Å². The van der Waals surface area contributed by atoms with Crippen LogP contribution in [0.2, 0.25) is 0 Å². The molecule has 1 heterocycles. The zero-order valence-corrected chi connectivity index (χ0v) is 17.5. The van der Waals surface area contributed by atoms with E-state index >= 15 is 0 Å². The number of ether oxygens (including phenoxy) is 1. The van der Waals surface area contributed by atoms with Crippen molar-refractivity contribution in [1.29, 1.82) is 0 Å². The molecule has 0 radical (unpaired) electrons. The van der Waals surface area contributed by atoms with E-state index in [4.69, 9.17) is 14.9 Å². The second-order valence-corrected chi connectivity index (χ2v) is 7.15. The van der Waals surface area contributed by atoms with Crippen LogP contribution in [0.1, 0.15) is 67.2 Å². The van der Waals surface area contributed by atoms with E-state index in [1.807, 2.05) is 11.8 Å². The van der Waals surface area contributed by atoms with Crippen LogP contribution in [0.25, 0.3) is 0 Å². The van der Waals surface area contributed by atoms with Crippen LogP contribution >= 0.6 is 0 Å². The number of carboxylic acids is 2. The minimum atomic E-state index is -0.935. The van der Waals surface area contributed by atoms with Crippen LogP contribution in [-0.2, 0) is 14.3 Å². The van der Waals surface area contributed by atoms with Gasteiger partial charge < -0.3 is 19.8 Å². The molecule has 1 aliphatic heterocycles. The third-order valence-corrected chi connectivity index (χ3v) is 3.95. The molecule has 1 aliphatic rings. The predicted octanol–water partition coefficient (Wildman–Crippen LogP) is 4.48. The third-order valence-electron chi connectivity index (χ3n) is 3.95. The van der Waals surface area contributed by atoms with Crippen LogP contribution in [0, 0.1) is 0 Å². The van der Waals surface area contributed by atoms with E-state index in [2.05, 4.69) is 33.9 Å². The van der Waals surface area contributed by atoms with E-state index in [-0.39, 0.29) is 22.8 Å². The highest BCUT2D eigenvalue weighted by molar-refractivity contribution is 5.85. The maximum absolute atomic E-state index is 11.9. The normalized spacial score (nSPS) is 17.7. The van der Waals surface area contributed by atoms with Gasteiger partial charge in [-0.15, -0.1) is 0 Å². The molecule has 0 aromatic carbocycles. The Labute approximate surface area is 162 Å². The Bertz CT molecular complexity index is 491. The van der Waals surface area contributed by atoms with Crippen molar-refractivity contribution in [2.45, 2.75) is 78.8 Å². The van der Waals surface area contributed by atoms with Crippen molar-refractivity contribution in [3.8, 4) is 0 Å². The minimum Gasteiger partial charge on any atom is -0.478 e. The van der Waals surface area contributed by atoms with Crippen LogP contribution in [-0.4, -0.2) is 51.3 Å². The number of carboxylic acid groups (broad SMARTS) is 2. The van der Waals surface area contributed by atoms with Gasteiger partial charge in [0.15, 0.2) is 0 Å². The Morgan fingerprint density at radius 1 is 1.07 bits per heavy atom. The molecule has 1 saturated heterocycles. The summed E-state index contributed by atoms with van der Waals surface area (Å²) in [5.41, 5.74) is 0.285. The van der Waals surface area contributed by atoms with E-state index in [0.717, 1.165) is 12.8 Å². The number of hydrogen-bond donors (Lipinski definition) is 2. The van der Waals surface area contributed by atoms with Gasteiger partial charge in [0.2, 0.25) is 0 Å². The molecule has 2 N–H and O–H groups in total. The van der Waals surface area contributed by atoms with Crippen molar-refractivity contribution in [3.63, 3.8) is 0 Å². The first kappa shape index (κ1) is 26.9. The molecule has 1 unspecified atom stereocenters. The van der Waals surface area contributed by atoms with Crippen molar-refractivity contribution in [2.24, 2.45) is 0 Å². The molecule has 0 aliphatic carbocycles. The first-order valence-corrected chi connectivity index (χ1v) is 9.01. The Balaban J connectivity index is 0. The lowest BCUT2D eigenvalue weighted by atomic mass is 9.97. The molecule has 0 saturated carbocycles. The number of carbonyl (C=O) groups excluding carboxylic acids is 1. The Kier molecular flexibility index (Phi) is 12.9. The summed E-state index contributed by atoms with van der Waals surface area (Å²) < 4.78 is 5.13. The standard InChI is InChI=1S/C12H23NO2.2C4H6O2/c1-5-15-11(14)13-10(2)8-6-7-9-12(13,3)4;2*1-3(2)4(5)6/h10H,5-9H2,1-4H3;2*1H2,2H3,(H,5,6). The molecule has 0 aromatic heterocycles. The number of amides is 1. The smallest absolute Gasteiger partial charge is 0.410 e. The molecule has 0 aromatic rings. The SMILES string of the molecule is C=C(C)C(=O)O.C=C(C)C(=O)O.CCOC(=O)N1C(C)CCCCC1(C)C. The monoisotopic (exact) mass is 385 g/mol. The zero-order valence-electron chi connectivity index (χ0n) is 17.5. The summed E-state index contributed by atoms with van der Waals surface area (Å²) in [4.78, 5) is 33.0. The van der Waals surface area contributed by atoms with Crippen LogP contribution in [0.5, 0.6) is 0 Å². The molecule has 1 rings (SSSR count). The molecule has 1 amide bonds. The Morgan fingerprint density at radius 3 is 1.81 bits per heavy atom. The maximum Gasteiger partial charge on any atom is 0.410 e. The lowest BCUT2D eigenvalue weighted by molar-refractivity contribution is -0.133. The Morgan fingerprint density at radius 2 is 1.48 bits per heavy atom. The number of hydrogen-bond acceptors (Lipinski definition) is 4. The number of carbonyl (C=O) groups is 3. The summed E-state index contributed by atoms with van der Waals surface area (Å²) in [6, 6.07) is 0.293. The highest BCUT2D eigenvalue weighted by Crippen LogP contribution is 2.30. The number of aliphatic carboxylic acids is 2. The summed E-state index contributed by atoms with van der Waals surface area (Å²) >= 11 is 0. The third kappa shape index (κ3) is 11.8. The summed E-state index contributed by atoms with van der Waals surface area (Å²) in [5, 5.41) is 15.8. The second-order valence-electron chi connectivity index (χ2n) is 7.15. The summed E-state index contributed by atoms with van der Waals surface area (Å²) in [7, 11) is 0. The van der Waals surface area contributed by atoms with Gasteiger partial charge in [-0.1, -0.05) is 26.0 Å². The van der Waals surface area contributed by atoms with E-state index < -0.39 is 11.9 Å². The van der Waals surface area contributed by atoms with E-state index in [9.17, 15) is 14.4 Å². The number of likely N-dealkylation sites (tertiary alicyclic amines) is 1. The molecule has 7 nitrogen and oxygen atoms in total. The predicted molar refractivity (Wildman–Crippen MR) is 106 cm³/mol. The zero-order chi connectivity index (χ0) is 21.8. The second kappa shape index (κ2) is 12.9. The molecular weight excluding hydrogens is 350 g/mol. The molecule has 156 valence electrons. The molecule has 0 bridgehead atoms. The van der Waals surface area contributed by atoms with Gasteiger partial charge in [-0.2, -0.15) is 0 Å². The quantitative estimate of drug-likeness (QED) is 0.694. The fraction of sp³-hybridized carbons (Fsp3) is 0.650. The van der Waals surface area contributed by atoms with Crippen LogP contribution < -0.4 is 0 Å². The lowest BCUT2D eigenvalue weighted by Crippen LogP contribution is -2.51. The van der Waals surface area contributed by atoms with Gasteiger partial charge in [0.1, 0.15) is 0 Å². The van der Waals surface area contributed by atoms with Crippen LogP contribution in [0.3, 0.4) is 0 Å². The van der Waals surface area contributed by atoms with Gasteiger partial charge >= 0.3 is 18.0 Å². The van der Waals surface area contributed by atoms with Gasteiger partial charge in [-0.3, -0.25) is 0 Å². The molecule has 7 heteroatoms. The first-order valence-electron chi connectivity index (χ1n) is 9.01. The maximum atomic E-state index is 11.9. The van der Waals surface area contributed by atoms with E-state index in [1.54, 1.807) is 0 Å². The summed E-state index contributed by atoms with van der Waals surface area (Å²) in [6.45, 7) is 17.9. The van der Waals surface area contributed by atoms with Gasteiger partial charge in [-0.05, 0) is 54.4 Å². The molecule has 1 fully saturated rings. The van der Waals surface area contributed by atoms with Gasteiger partial charge in [0.05, 0.1) is 6.61 Å². The van der Waals surface area contributed by atoms with Crippen molar-refractivity contribution >= 4 is 18.0 Å². The number of nitrogens with zero attached hydrogens (tertiary/aromatic N) is 1. The lowest BCUT2D eigenvalue weighted by Gasteiger charge is -2.39. The van der Waals surface area contributed by atoms with Gasteiger partial charge in [0, 0.05) is 22.7 Å². The molecule has 1 atom stereocenters. The Hall–Kier alpha value is -2.31. The molecule has 0 spiro atoms. The highest BCUT2D eigenvalue weighted by atomic mass is 16.6. The fourth-order valence-electron chi connectivity index (χ4n) is 2.46. The topological polar surface area (TPSA) is 104 Å². The largest absolute Gasteiger partial charge is 0.478 e. The van der Waals surface area contributed by atoms with Gasteiger partial charge in [-0.25, -0.2) is 14.4 Å². The van der Waals surface area contributed by atoms with Crippen molar-refractivity contribution in [3.05, 3.63) is 24.3 Å². The molecular formula is C20H35NO6. The minimum absolute atomic E-state index is 0.0673.